The molecular formula is C13H22N2O3S2. The van der Waals surface area contributed by atoms with Gasteiger partial charge in [-0.3, -0.25) is 0 Å². The van der Waals surface area contributed by atoms with E-state index in [-0.39, 0.29) is 9.64 Å². The van der Waals surface area contributed by atoms with Crippen LogP contribution in [0.25, 0.3) is 0 Å². The molecule has 0 atom stereocenters. The van der Waals surface area contributed by atoms with Crippen LogP contribution in [0.4, 0.5) is 5.69 Å². The molecule has 1 aromatic carbocycles. The number of nitrogens with one attached hydrogen (secondary N) is 1. The summed E-state index contributed by atoms with van der Waals surface area (Å²) in [5, 5.41) is 0. The van der Waals surface area contributed by atoms with Gasteiger partial charge in [0.15, 0.2) is 0 Å². The van der Waals surface area contributed by atoms with Gasteiger partial charge in [-0.1, -0.05) is 0 Å². The minimum absolute atomic E-state index is 0.0694. The average molecular weight is 318 g/mol. The van der Waals surface area contributed by atoms with Gasteiger partial charge in [-0.15, -0.1) is 0 Å². The number of benzene rings is 1. The van der Waals surface area contributed by atoms with Crippen molar-refractivity contribution in [2.75, 3.05) is 25.6 Å². The molecule has 0 unspecified atom stereocenters. The molecule has 0 saturated heterocycles. The van der Waals surface area contributed by atoms with Gasteiger partial charge in [0.05, 0.1) is 7.11 Å². The number of nitrogens with two attached hydrogens (primary N) is 1. The van der Waals surface area contributed by atoms with E-state index in [1.54, 1.807) is 24.8 Å². The largest absolute Gasteiger partial charge is 0.495 e. The van der Waals surface area contributed by atoms with Gasteiger partial charge in [0.2, 0.25) is 10.0 Å². The van der Waals surface area contributed by atoms with Gasteiger partial charge in [-0.2, -0.15) is 11.8 Å². The summed E-state index contributed by atoms with van der Waals surface area (Å²) in [5.74, 6) is 0.297. The van der Waals surface area contributed by atoms with E-state index in [1.165, 1.54) is 13.2 Å². The molecule has 0 aliphatic rings. The van der Waals surface area contributed by atoms with Crippen LogP contribution < -0.4 is 15.2 Å². The third-order valence-corrected chi connectivity index (χ3v) is 5.75. The second kappa shape index (κ2) is 6.24. The lowest BCUT2D eigenvalue weighted by molar-refractivity contribution is 0.402. The maximum Gasteiger partial charge on any atom is 0.244 e. The first-order chi connectivity index (χ1) is 9.13. The van der Waals surface area contributed by atoms with Crippen molar-refractivity contribution in [1.82, 2.24) is 4.72 Å². The highest BCUT2D eigenvalue weighted by atomic mass is 32.2. The number of thioether (sulfide) groups is 1. The highest BCUT2D eigenvalue weighted by Crippen LogP contribution is 2.29. The van der Waals surface area contributed by atoms with Crippen LogP contribution in [-0.2, 0) is 10.0 Å². The van der Waals surface area contributed by atoms with Gasteiger partial charge in [-0.25, -0.2) is 13.1 Å². The fourth-order valence-corrected chi connectivity index (χ4v) is 3.17. The van der Waals surface area contributed by atoms with Crippen molar-refractivity contribution in [3.8, 4) is 5.75 Å². The van der Waals surface area contributed by atoms with Crippen LogP contribution in [0.3, 0.4) is 0 Å². The zero-order valence-corrected chi connectivity index (χ0v) is 14.1. The summed E-state index contributed by atoms with van der Waals surface area (Å²) >= 11 is 1.60. The predicted molar refractivity (Wildman–Crippen MR) is 84.9 cm³/mol. The molecule has 0 amide bonds. The van der Waals surface area contributed by atoms with Gasteiger partial charge in [0.1, 0.15) is 10.6 Å². The van der Waals surface area contributed by atoms with Crippen molar-refractivity contribution in [2.24, 2.45) is 0 Å². The zero-order chi connectivity index (χ0) is 15.6. The first kappa shape index (κ1) is 17.1. The van der Waals surface area contributed by atoms with Crippen LogP contribution in [0.2, 0.25) is 0 Å². The van der Waals surface area contributed by atoms with Crippen LogP contribution in [0, 0.1) is 6.92 Å². The molecule has 0 spiro atoms. The normalized spacial score (nSPS) is 12.4. The Morgan fingerprint density at radius 1 is 1.40 bits per heavy atom. The molecule has 0 radical (unpaired) electrons. The van der Waals surface area contributed by atoms with Gasteiger partial charge in [0, 0.05) is 17.0 Å². The number of rotatable bonds is 6. The van der Waals surface area contributed by atoms with Crippen molar-refractivity contribution in [3.63, 3.8) is 0 Å². The Balaban J connectivity index is 3.13. The number of hydrogen-bond donors (Lipinski definition) is 2. The summed E-state index contributed by atoms with van der Waals surface area (Å²) in [7, 11) is -2.21. The second-order valence-corrected chi connectivity index (χ2v) is 8.40. The molecule has 0 fully saturated rings. The molecule has 0 heterocycles. The number of ether oxygens (including phenoxy) is 1. The smallest absolute Gasteiger partial charge is 0.244 e. The molecule has 0 aliphatic carbocycles. The summed E-state index contributed by atoms with van der Waals surface area (Å²) in [6.45, 7) is 6.08. The third kappa shape index (κ3) is 4.04. The molecule has 0 aromatic heterocycles. The van der Waals surface area contributed by atoms with E-state index in [0.717, 1.165) is 5.56 Å². The van der Waals surface area contributed by atoms with Crippen molar-refractivity contribution < 1.29 is 13.2 Å². The van der Waals surface area contributed by atoms with Crippen LogP contribution in [-0.4, -0.2) is 33.1 Å². The number of nitrogen functional groups attached to an aromatic ring is 1. The van der Waals surface area contributed by atoms with Crippen LogP contribution in [0.1, 0.15) is 19.4 Å². The number of aryl methyl sites for hydroxylation is 1. The van der Waals surface area contributed by atoms with Gasteiger partial charge in [-0.05, 0) is 44.7 Å². The van der Waals surface area contributed by atoms with Crippen molar-refractivity contribution in [1.29, 1.82) is 0 Å². The zero-order valence-electron chi connectivity index (χ0n) is 12.5. The molecule has 114 valence electrons. The summed E-state index contributed by atoms with van der Waals surface area (Å²) in [5.41, 5.74) is 7.01. The number of hydrogen-bond acceptors (Lipinski definition) is 5. The van der Waals surface area contributed by atoms with Crippen molar-refractivity contribution in [2.45, 2.75) is 30.4 Å². The molecular weight excluding hydrogens is 296 g/mol. The lowest BCUT2D eigenvalue weighted by Gasteiger charge is -2.22. The fraction of sp³-hybridized carbons (Fsp3) is 0.538. The SMILES string of the molecule is COc1cc(C)c(N)cc1S(=O)(=O)NCC(C)(C)SC. The second-order valence-electron chi connectivity index (χ2n) is 5.15. The molecule has 5 nitrogen and oxygen atoms in total. The average Bonchev–Trinajstić information content (AvgIpc) is 2.39. The predicted octanol–water partition coefficient (Wildman–Crippen LogP) is 2.01. The minimum atomic E-state index is -3.65. The van der Waals surface area contributed by atoms with E-state index in [4.69, 9.17) is 10.5 Å². The van der Waals surface area contributed by atoms with Gasteiger partial charge >= 0.3 is 0 Å². The Bertz CT molecular complexity index is 584. The highest BCUT2D eigenvalue weighted by Gasteiger charge is 2.24. The molecule has 20 heavy (non-hydrogen) atoms. The molecule has 1 rings (SSSR count). The topological polar surface area (TPSA) is 81.4 Å². The monoisotopic (exact) mass is 318 g/mol. The fourth-order valence-electron chi connectivity index (χ4n) is 1.47. The van der Waals surface area contributed by atoms with Crippen LogP contribution in [0.5, 0.6) is 5.75 Å². The highest BCUT2D eigenvalue weighted by molar-refractivity contribution is 8.00. The summed E-state index contributed by atoms with van der Waals surface area (Å²) in [6, 6.07) is 3.06. The van der Waals surface area contributed by atoms with Crippen LogP contribution in [0.15, 0.2) is 17.0 Å². The molecule has 7 heteroatoms. The van der Waals surface area contributed by atoms with E-state index in [9.17, 15) is 8.42 Å². The van der Waals surface area contributed by atoms with Gasteiger partial charge < -0.3 is 10.5 Å². The summed E-state index contributed by atoms with van der Waals surface area (Å²) < 4.78 is 32.3. The van der Waals surface area contributed by atoms with E-state index < -0.39 is 10.0 Å². The Morgan fingerprint density at radius 3 is 2.50 bits per heavy atom. The molecule has 1 aromatic rings. The maximum absolute atomic E-state index is 12.4. The summed E-state index contributed by atoms with van der Waals surface area (Å²) in [4.78, 5) is 0.0694. The van der Waals surface area contributed by atoms with Crippen molar-refractivity contribution in [3.05, 3.63) is 17.7 Å². The minimum Gasteiger partial charge on any atom is -0.495 e. The Hall–Kier alpha value is -0.920. The first-order valence-corrected chi connectivity index (χ1v) is 8.82. The first-order valence-electron chi connectivity index (χ1n) is 6.12. The summed E-state index contributed by atoms with van der Waals surface area (Å²) in [6.07, 6.45) is 1.94. The van der Waals surface area contributed by atoms with E-state index in [2.05, 4.69) is 4.72 Å². The number of methoxy groups -OCH3 is 1. The number of sulfonamides is 1. The quantitative estimate of drug-likeness (QED) is 0.784. The van der Waals surface area contributed by atoms with Crippen LogP contribution >= 0.6 is 11.8 Å². The molecule has 0 aliphatic heterocycles. The third-order valence-electron chi connectivity index (χ3n) is 3.08. The maximum atomic E-state index is 12.4. The van der Waals surface area contributed by atoms with Crippen molar-refractivity contribution >= 4 is 27.5 Å². The van der Waals surface area contributed by atoms with E-state index >= 15 is 0 Å². The Labute approximate surface area is 125 Å². The molecule has 3 N–H and O–H groups in total. The van der Waals surface area contributed by atoms with Gasteiger partial charge in [0.25, 0.3) is 0 Å². The van der Waals surface area contributed by atoms with E-state index in [1.807, 2.05) is 20.1 Å². The Kier molecular flexibility index (Phi) is 5.34. The standard InChI is InChI=1S/C13H22N2O3S2/c1-9-6-11(18-4)12(7-10(9)14)20(16,17)15-8-13(2,3)19-5/h6-7,15H,8,14H2,1-5H3. The molecule has 0 bridgehead atoms. The lowest BCUT2D eigenvalue weighted by Crippen LogP contribution is -2.36. The lowest BCUT2D eigenvalue weighted by atomic mass is 10.2. The molecule has 0 saturated carbocycles. The van der Waals surface area contributed by atoms with E-state index in [0.29, 0.717) is 18.0 Å². The Morgan fingerprint density at radius 2 is 2.00 bits per heavy atom. The number of anilines is 1.